The maximum atomic E-state index is 13.4. The Labute approximate surface area is 238 Å². The third-order valence-corrected chi connectivity index (χ3v) is 10.1. The molecule has 0 unspecified atom stereocenters. The van der Waals surface area contributed by atoms with Gasteiger partial charge in [-0.15, -0.1) is 0 Å². The van der Waals surface area contributed by atoms with Crippen molar-refractivity contribution in [2.45, 2.75) is 58.0 Å². The molecule has 0 bridgehead atoms. The summed E-state index contributed by atoms with van der Waals surface area (Å²) in [6.45, 7) is 5.41. The van der Waals surface area contributed by atoms with E-state index in [-0.39, 0.29) is 18.0 Å². The molecular formula is C30H33N5O5S. The number of anilines is 1. The van der Waals surface area contributed by atoms with Crippen molar-refractivity contribution in [3.05, 3.63) is 59.2 Å². The lowest BCUT2D eigenvalue weighted by Crippen LogP contribution is -2.39. The number of nitrogens with zero attached hydrogens (tertiary/aromatic N) is 5. The number of hydrogen-bond donors (Lipinski definition) is 0. The van der Waals surface area contributed by atoms with Crippen molar-refractivity contribution >= 4 is 32.7 Å². The molecule has 3 aliphatic rings. The summed E-state index contributed by atoms with van der Waals surface area (Å²) in [5.74, 6) is 2.56. The number of aromatic nitrogens is 3. The van der Waals surface area contributed by atoms with Crippen LogP contribution in [0.5, 0.6) is 5.75 Å². The van der Waals surface area contributed by atoms with Crippen LogP contribution in [0, 0.1) is 13.8 Å². The van der Waals surface area contributed by atoms with E-state index in [1.54, 1.807) is 4.31 Å². The quantitative estimate of drug-likeness (QED) is 0.339. The second-order valence-electron chi connectivity index (χ2n) is 11.3. The second kappa shape index (κ2) is 9.70. The lowest BCUT2D eigenvalue weighted by Gasteiger charge is -2.34. The molecule has 0 radical (unpaired) electrons. The Kier molecular flexibility index (Phi) is 6.20. The van der Waals surface area contributed by atoms with Crippen LogP contribution in [-0.4, -0.2) is 59.3 Å². The number of hydrogen-bond acceptors (Lipinski definition) is 7. The van der Waals surface area contributed by atoms with Crippen LogP contribution in [0.4, 0.5) is 5.69 Å². The number of carbonyl (C=O) groups excluding carboxylic acids is 1. The smallest absolute Gasteiger partial charge is 0.227 e. The van der Waals surface area contributed by atoms with Crippen molar-refractivity contribution < 1.29 is 22.5 Å². The van der Waals surface area contributed by atoms with E-state index in [0.717, 1.165) is 62.9 Å². The summed E-state index contributed by atoms with van der Waals surface area (Å²) in [6, 6.07) is 12.1. The van der Waals surface area contributed by atoms with Gasteiger partial charge in [0.1, 0.15) is 17.3 Å². The van der Waals surface area contributed by atoms with Gasteiger partial charge < -0.3 is 18.7 Å². The van der Waals surface area contributed by atoms with E-state index >= 15 is 0 Å². The Balaban J connectivity index is 1.34. The zero-order chi connectivity index (χ0) is 28.5. The number of carbonyl (C=O) groups is 1. The zero-order valence-electron chi connectivity index (χ0n) is 23.5. The fourth-order valence-electron chi connectivity index (χ4n) is 6.79. The monoisotopic (exact) mass is 575 g/mol. The van der Waals surface area contributed by atoms with Crippen LogP contribution in [0.3, 0.4) is 0 Å². The molecule has 4 aromatic rings. The van der Waals surface area contributed by atoms with Crippen LogP contribution in [0.15, 0.2) is 40.9 Å². The Morgan fingerprint density at radius 3 is 2.54 bits per heavy atom. The average molecular weight is 576 g/mol. The van der Waals surface area contributed by atoms with Gasteiger partial charge >= 0.3 is 0 Å². The summed E-state index contributed by atoms with van der Waals surface area (Å²) < 4.78 is 39.4. The van der Waals surface area contributed by atoms with Crippen molar-refractivity contribution in [3.63, 3.8) is 0 Å². The van der Waals surface area contributed by atoms with Crippen LogP contribution in [0.1, 0.15) is 60.6 Å². The number of aryl methyl sites for hydroxylation is 2. The molecule has 10 nitrogen and oxygen atoms in total. The van der Waals surface area contributed by atoms with E-state index < -0.39 is 10.0 Å². The van der Waals surface area contributed by atoms with Crippen LogP contribution in [0.25, 0.3) is 22.2 Å². The summed E-state index contributed by atoms with van der Waals surface area (Å²) in [5.41, 5.74) is 6.56. The molecule has 11 heteroatoms. The summed E-state index contributed by atoms with van der Waals surface area (Å²) in [5, 5.41) is 4.13. The fraction of sp³-hybridized carbons (Fsp3) is 0.433. The average Bonchev–Trinajstić information content (AvgIpc) is 3.72. The van der Waals surface area contributed by atoms with Gasteiger partial charge in [0.05, 0.1) is 35.6 Å². The maximum Gasteiger partial charge on any atom is 0.227 e. The van der Waals surface area contributed by atoms with E-state index in [2.05, 4.69) is 34.0 Å². The van der Waals surface area contributed by atoms with Gasteiger partial charge in [-0.3, -0.25) is 4.79 Å². The number of benzene rings is 2. The lowest BCUT2D eigenvalue weighted by atomic mass is 10.0. The largest absolute Gasteiger partial charge is 0.493 e. The standard InChI is InChI=1S/C30H33N5O5S/c1-18-29(19(2)40-32-18)21-4-6-25-24(17-21)31-30(35(25)22-10-13-33(14-11-22)41(3,37)38)26-7-9-28(36)34(26)23-5-8-27-20(16-23)12-15-39-27/h4-6,8,16-17,22,26H,7,9-15H2,1-3H3/t26-/m0/s1. The summed E-state index contributed by atoms with van der Waals surface area (Å²) in [6.07, 6.45) is 4.55. The van der Waals surface area contributed by atoms with Crippen LogP contribution in [-0.2, 0) is 21.2 Å². The highest BCUT2D eigenvalue weighted by atomic mass is 32.2. The third kappa shape index (κ3) is 4.42. The van der Waals surface area contributed by atoms with E-state index in [1.807, 2.05) is 30.9 Å². The number of sulfonamides is 1. The van der Waals surface area contributed by atoms with Crippen molar-refractivity contribution in [3.8, 4) is 16.9 Å². The molecule has 2 aromatic heterocycles. The minimum atomic E-state index is -3.25. The second-order valence-corrected chi connectivity index (χ2v) is 13.3. The Hall–Kier alpha value is -3.70. The highest BCUT2D eigenvalue weighted by Gasteiger charge is 2.39. The molecular weight excluding hydrogens is 542 g/mol. The molecule has 0 aliphatic carbocycles. The minimum Gasteiger partial charge on any atom is -0.493 e. The first kappa shape index (κ1) is 26.2. The molecule has 2 fully saturated rings. The first-order chi connectivity index (χ1) is 19.7. The van der Waals surface area contributed by atoms with Gasteiger partial charge in [0.15, 0.2) is 0 Å². The number of imidazole rings is 1. The summed E-state index contributed by atoms with van der Waals surface area (Å²) in [7, 11) is -3.25. The first-order valence-electron chi connectivity index (χ1n) is 14.2. The van der Waals surface area contributed by atoms with Crippen LogP contribution in [0.2, 0.25) is 0 Å². The number of piperidine rings is 1. The Morgan fingerprint density at radius 1 is 1.00 bits per heavy atom. The molecule has 3 aliphatic heterocycles. The predicted octanol–water partition coefficient (Wildman–Crippen LogP) is 4.71. The number of rotatable bonds is 5. The fourth-order valence-corrected chi connectivity index (χ4v) is 7.67. The molecule has 41 heavy (non-hydrogen) atoms. The SMILES string of the molecule is Cc1noc(C)c1-c1ccc2c(c1)nc([C@@H]1CCC(=O)N1c1ccc3c(c1)CCO3)n2C1CCN(S(C)(=O)=O)CC1. The molecule has 0 spiro atoms. The molecule has 7 rings (SSSR count). The van der Waals surface area contributed by atoms with Gasteiger partial charge in [0.2, 0.25) is 15.9 Å². The number of ether oxygens (including phenoxy) is 1. The van der Waals surface area contributed by atoms with Gasteiger partial charge in [0, 0.05) is 43.2 Å². The van der Waals surface area contributed by atoms with Crippen LogP contribution >= 0.6 is 0 Å². The van der Waals surface area contributed by atoms with Crippen LogP contribution < -0.4 is 9.64 Å². The van der Waals surface area contributed by atoms with Crippen molar-refractivity contribution in [1.29, 1.82) is 0 Å². The van der Waals surface area contributed by atoms with E-state index in [9.17, 15) is 13.2 Å². The highest BCUT2D eigenvalue weighted by Crippen LogP contribution is 2.42. The van der Waals surface area contributed by atoms with Crippen molar-refractivity contribution in [1.82, 2.24) is 19.0 Å². The van der Waals surface area contributed by atoms with E-state index in [0.29, 0.717) is 45.4 Å². The third-order valence-electron chi connectivity index (χ3n) is 8.76. The van der Waals surface area contributed by atoms with Crippen molar-refractivity contribution in [2.75, 3.05) is 30.9 Å². The lowest BCUT2D eigenvalue weighted by molar-refractivity contribution is -0.117. The molecule has 2 saturated heterocycles. The van der Waals surface area contributed by atoms with Gasteiger partial charge in [-0.1, -0.05) is 11.2 Å². The first-order valence-corrected chi connectivity index (χ1v) is 16.0. The van der Waals surface area contributed by atoms with E-state index in [4.69, 9.17) is 14.2 Å². The molecule has 214 valence electrons. The molecule has 2 aromatic carbocycles. The highest BCUT2D eigenvalue weighted by molar-refractivity contribution is 7.88. The molecule has 5 heterocycles. The number of amides is 1. The summed E-state index contributed by atoms with van der Waals surface area (Å²) >= 11 is 0. The van der Waals surface area contributed by atoms with Gasteiger partial charge in [-0.25, -0.2) is 17.7 Å². The normalized spacial score (nSPS) is 20.2. The van der Waals surface area contributed by atoms with Gasteiger partial charge in [-0.05, 0) is 74.6 Å². The predicted molar refractivity (Wildman–Crippen MR) is 154 cm³/mol. The Morgan fingerprint density at radius 2 is 1.80 bits per heavy atom. The van der Waals surface area contributed by atoms with Gasteiger partial charge in [0.25, 0.3) is 0 Å². The zero-order valence-corrected chi connectivity index (χ0v) is 24.3. The van der Waals surface area contributed by atoms with Crippen molar-refractivity contribution in [2.24, 2.45) is 0 Å². The molecule has 1 amide bonds. The van der Waals surface area contributed by atoms with E-state index in [1.165, 1.54) is 6.26 Å². The maximum absolute atomic E-state index is 13.4. The molecule has 0 N–H and O–H groups in total. The minimum absolute atomic E-state index is 0.0592. The number of fused-ring (bicyclic) bond motifs is 2. The topological polar surface area (TPSA) is 111 Å². The molecule has 1 atom stereocenters. The molecule has 0 saturated carbocycles. The van der Waals surface area contributed by atoms with Gasteiger partial charge in [-0.2, -0.15) is 0 Å². The Bertz CT molecular complexity index is 1760. The summed E-state index contributed by atoms with van der Waals surface area (Å²) in [4.78, 5) is 20.5.